The molecule has 0 saturated heterocycles. The highest BCUT2D eigenvalue weighted by atomic mass is 16.3. The van der Waals surface area contributed by atoms with E-state index >= 15 is 0 Å². The lowest BCUT2D eigenvalue weighted by Gasteiger charge is -2.04. The fourth-order valence-corrected chi connectivity index (χ4v) is 0.376. The van der Waals surface area contributed by atoms with Crippen molar-refractivity contribution in [1.29, 1.82) is 0 Å². The van der Waals surface area contributed by atoms with Crippen LogP contribution >= 0.6 is 0 Å². The smallest absolute Gasteiger partial charge is 0.123 e. The quantitative estimate of drug-likeness (QED) is 0.399. The van der Waals surface area contributed by atoms with Crippen LogP contribution in [0.15, 0.2) is 12.7 Å². The number of nitrogens with one attached hydrogen (secondary N) is 1. The third-order valence-electron chi connectivity index (χ3n) is 0.827. The second-order valence-corrected chi connectivity index (χ2v) is 2.34. The lowest BCUT2D eigenvalue weighted by atomic mass is 10.4. The van der Waals surface area contributed by atoms with Crippen molar-refractivity contribution in [3.8, 4) is 12.8 Å². The largest absolute Gasteiger partial charge is 0.375 e. The molecule has 0 aliphatic rings. The van der Waals surface area contributed by atoms with Gasteiger partial charge in [-0.3, -0.25) is 5.32 Å². The van der Waals surface area contributed by atoms with Crippen LogP contribution < -0.4 is 5.32 Å². The van der Waals surface area contributed by atoms with E-state index in [0.717, 1.165) is 13.0 Å². The number of aliphatic hydroxyl groups excluding tert-OH is 1. The lowest BCUT2D eigenvalue weighted by molar-refractivity contribution is 0.185. The van der Waals surface area contributed by atoms with Crippen LogP contribution in [0.2, 0.25) is 0 Å². The molecule has 1 atom stereocenters. The van der Waals surface area contributed by atoms with Crippen LogP contribution in [0.4, 0.5) is 0 Å². The second-order valence-electron chi connectivity index (χ2n) is 2.34. The summed E-state index contributed by atoms with van der Waals surface area (Å²) < 4.78 is 0. The molecule has 2 N–H and O–H groups in total. The zero-order valence-electron chi connectivity index (χ0n) is 9.09. The van der Waals surface area contributed by atoms with E-state index in [4.69, 9.17) is 5.11 Å². The molecule has 0 heterocycles. The molecular formula is C11H23NO. The molecule has 0 aliphatic heterocycles. The van der Waals surface area contributed by atoms with Crippen molar-refractivity contribution < 1.29 is 5.11 Å². The Morgan fingerprint density at radius 1 is 1.38 bits per heavy atom. The van der Waals surface area contributed by atoms with E-state index < -0.39 is 6.23 Å². The van der Waals surface area contributed by atoms with Crippen LogP contribution in [0.1, 0.15) is 33.6 Å². The number of terminal acetylenes is 1. The van der Waals surface area contributed by atoms with Crippen molar-refractivity contribution in [2.75, 3.05) is 6.54 Å². The Bertz CT molecular complexity index is 99.5. The van der Waals surface area contributed by atoms with Gasteiger partial charge in [0.25, 0.3) is 0 Å². The van der Waals surface area contributed by atoms with Crippen molar-refractivity contribution in [2.24, 2.45) is 0 Å². The first-order valence-electron chi connectivity index (χ1n) is 4.60. The molecule has 0 amide bonds. The molecule has 0 aliphatic carbocycles. The van der Waals surface area contributed by atoms with Gasteiger partial charge in [-0.2, -0.15) is 0 Å². The molecule has 2 nitrogen and oxygen atoms in total. The van der Waals surface area contributed by atoms with Crippen molar-refractivity contribution in [1.82, 2.24) is 5.32 Å². The molecule has 0 spiro atoms. The van der Waals surface area contributed by atoms with Crippen LogP contribution in [0, 0.1) is 12.8 Å². The van der Waals surface area contributed by atoms with E-state index in [1.807, 2.05) is 6.92 Å². The molecule has 0 fully saturated rings. The summed E-state index contributed by atoms with van der Waals surface area (Å²) in [7, 11) is 0. The number of hydrogen-bond acceptors (Lipinski definition) is 2. The summed E-state index contributed by atoms with van der Waals surface area (Å²) in [6, 6.07) is 0. The molecule has 0 aromatic carbocycles. The van der Waals surface area contributed by atoms with E-state index in [0.29, 0.717) is 0 Å². The molecule has 0 saturated carbocycles. The minimum absolute atomic E-state index is 0.532. The Morgan fingerprint density at radius 2 is 1.77 bits per heavy atom. The molecule has 78 valence electrons. The van der Waals surface area contributed by atoms with Crippen molar-refractivity contribution in [3.05, 3.63) is 12.7 Å². The summed E-state index contributed by atoms with van der Waals surface area (Å²) in [6.45, 7) is 10.5. The molecule has 0 bridgehead atoms. The normalized spacial score (nSPS) is 9.69. The minimum atomic E-state index is -0.532. The zero-order chi connectivity index (χ0) is 11.1. The highest BCUT2D eigenvalue weighted by molar-refractivity contribution is 4.74. The SMILES string of the molecule is C#C.C=CC(O)NCCC.CCC. The third kappa shape index (κ3) is 35.0. The van der Waals surface area contributed by atoms with E-state index in [2.05, 4.69) is 38.6 Å². The lowest BCUT2D eigenvalue weighted by Crippen LogP contribution is -2.26. The maximum absolute atomic E-state index is 8.76. The summed E-state index contributed by atoms with van der Waals surface area (Å²) in [5.74, 6) is 0. The molecule has 0 aromatic rings. The molecule has 0 aromatic heterocycles. The first-order chi connectivity index (χ1) is 6.22. The summed E-state index contributed by atoms with van der Waals surface area (Å²) in [5, 5.41) is 11.6. The maximum Gasteiger partial charge on any atom is 0.123 e. The number of rotatable bonds is 4. The number of hydrogen-bond donors (Lipinski definition) is 2. The average Bonchev–Trinajstić information content (AvgIpc) is 2.18. The van der Waals surface area contributed by atoms with Crippen LogP contribution in [-0.4, -0.2) is 17.9 Å². The topological polar surface area (TPSA) is 32.3 Å². The molecule has 2 heteroatoms. The summed E-state index contributed by atoms with van der Waals surface area (Å²) in [6.07, 6.45) is 11.2. The van der Waals surface area contributed by atoms with Gasteiger partial charge in [0.15, 0.2) is 0 Å². The Balaban J connectivity index is -0.000000169. The fourth-order valence-electron chi connectivity index (χ4n) is 0.376. The van der Waals surface area contributed by atoms with E-state index in [9.17, 15) is 0 Å². The molecule has 1 unspecified atom stereocenters. The monoisotopic (exact) mass is 185 g/mol. The first-order valence-corrected chi connectivity index (χ1v) is 4.60. The van der Waals surface area contributed by atoms with Crippen LogP contribution in [-0.2, 0) is 0 Å². The number of aliphatic hydroxyl groups is 1. The molecule has 0 rings (SSSR count). The summed E-state index contributed by atoms with van der Waals surface area (Å²) in [4.78, 5) is 0. The van der Waals surface area contributed by atoms with Crippen LogP contribution in [0.3, 0.4) is 0 Å². The van der Waals surface area contributed by atoms with E-state index in [1.54, 1.807) is 0 Å². The minimum Gasteiger partial charge on any atom is -0.375 e. The predicted octanol–water partition coefficient (Wildman–Crippen LogP) is 2.16. The predicted molar refractivity (Wildman–Crippen MR) is 60.4 cm³/mol. The van der Waals surface area contributed by atoms with Crippen LogP contribution in [0.5, 0.6) is 0 Å². The zero-order valence-corrected chi connectivity index (χ0v) is 9.09. The summed E-state index contributed by atoms with van der Waals surface area (Å²) >= 11 is 0. The standard InChI is InChI=1S/C6H13NO.C3H8.C2H2/c1-3-5-7-6(8)4-2;1-3-2;1-2/h4,6-8H,2-3,5H2,1H3;3H2,1-2H3;1-2H. The van der Waals surface area contributed by atoms with Gasteiger partial charge in [-0.1, -0.05) is 33.8 Å². The Hall–Kier alpha value is -0.780. The highest BCUT2D eigenvalue weighted by Crippen LogP contribution is 1.76. The maximum atomic E-state index is 8.76. The molecule has 13 heavy (non-hydrogen) atoms. The van der Waals surface area contributed by atoms with E-state index in [-0.39, 0.29) is 0 Å². The van der Waals surface area contributed by atoms with Gasteiger partial charge in [0, 0.05) is 0 Å². The van der Waals surface area contributed by atoms with Crippen LogP contribution in [0.25, 0.3) is 0 Å². The van der Waals surface area contributed by atoms with Crippen molar-refractivity contribution in [3.63, 3.8) is 0 Å². The van der Waals surface area contributed by atoms with Crippen molar-refractivity contribution >= 4 is 0 Å². The Labute approximate surface area is 83.1 Å². The van der Waals surface area contributed by atoms with Gasteiger partial charge in [0.1, 0.15) is 6.23 Å². The fraction of sp³-hybridized carbons (Fsp3) is 0.636. The van der Waals surface area contributed by atoms with Gasteiger partial charge in [-0.05, 0) is 19.0 Å². The molecular weight excluding hydrogens is 162 g/mol. The average molecular weight is 185 g/mol. The van der Waals surface area contributed by atoms with Gasteiger partial charge in [0.05, 0.1) is 0 Å². The van der Waals surface area contributed by atoms with Crippen molar-refractivity contribution in [2.45, 2.75) is 39.8 Å². The first kappa shape index (κ1) is 18.1. The molecule has 0 radical (unpaired) electrons. The van der Waals surface area contributed by atoms with Gasteiger partial charge in [-0.15, -0.1) is 12.8 Å². The van der Waals surface area contributed by atoms with Gasteiger partial charge in [-0.25, -0.2) is 0 Å². The van der Waals surface area contributed by atoms with Gasteiger partial charge >= 0.3 is 0 Å². The Kier molecular flexibility index (Phi) is 31.3. The second kappa shape index (κ2) is 22.5. The van der Waals surface area contributed by atoms with Gasteiger partial charge in [0.2, 0.25) is 0 Å². The third-order valence-corrected chi connectivity index (χ3v) is 0.827. The highest BCUT2D eigenvalue weighted by Gasteiger charge is 1.90. The van der Waals surface area contributed by atoms with E-state index in [1.165, 1.54) is 12.5 Å². The van der Waals surface area contributed by atoms with Gasteiger partial charge < -0.3 is 5.11 Å². The Morgan fingerprint density at radius 3 is 2.00 bits per heavy atom. The summed E-state index contributed by atoms with van der Waals surface area (Å²) in [5.41, 5.74) is 0.